The van der Waals surface area contributed by atoms with E-state index in [0.29, 0.717) is 42.9 Å². The topological polar surface area (TPSA) is 67.6 Å². The smallest absolute Gasteiger partial charge is 0.275 e. The summed E-state index contributed by atoms with van der Waals surface area (Å²) in [6.07, 6.45) is 2.11. The summed E-state index contributed by atoms with van der Waals surface area (Å²) >= 11 is 1.40. The molecule has 6 nitrogen and oxygen atoms in total. The number of ketones is 1. The summed E-state index contributed by atoms with van der Waals surface area (Å²) in [6, 6.07) is 7.24. The van der Waals surface area contributed by atoms with Gasteiger partial charge in [-0.05, 0) is 43.5 Å². The van der Waals surface area contributed by atoms with Crippen molar-refractivity contribution in [2.45, 2.75) is 26.2 Å². The van der Waals surface area contributed by atoms with E-state index < -0.39 is 0 Å². The Morgan fingerprint density at radius 3 is 2.63 bits per heavy atom. The van der Waals surface area contributed by atoms with Crippen molar-refractivity contribution in [3.05, 3.63) is 57.8 Å². The van der Waals surface area contributed by atoms with Crippen LogP contribution in [0.4, 0.5) is 9.52 Å². The van der Waals surface area contributed by atoms with E-state index in [1.165, 1.54) is 34.1 Å². The van der Waals surface area contributed by atoms with E-state index in [0.717, 1.165) is 10.8 Å². The SMILES string of the molecule is CCc1cc(=O)n2nc(N3CCC(C(=O)c4ccc(F)cc4)CC3)sc2n1. The Hall–Kier alpha value is -2.61. The Morgan fingerprint density at radius 2 is 1.96 bits per heavy atom. The first-order valence-electron chi connectivity index (χ1n) is 8.99. The van der Waals surface area contributed by atoms with E-state index in [2.05, 4.69) is 15.0 Å². The van der Waals surface area contributed by atoms with Gasteiger partial charge in [-0.3, -0.25) is 9.59 Å². The summed E-state index contributed by atoms with van der Waals surface area (Å²) in [6.45, 7) is 3.34. The number of hydrogen-bond acceptors (Lipinski definition) is 6. The number of halogens is 1. The van der Waals surface area contributed by atoms with Gasteiger partial charge in [-0.25, -0.2) is 9.37 Å². The molecule has 3 heterocycles. The average molecular weight is 386 g/mol. The standard InChI is InChI=1S/C19H19FN4O2S/c1-2-15-11-16(25)24-18(21-15)27-19(22-24)23-9-7-13(8-10-23)17(26)12-3-5-14(20)6-4-12/h3-6,11,13H,2,7-10H2,1H3. The van der Waals surface area contributed by atoms with Crippen molar-refractivity contribution in [1.82, 2.24) is 14.6 Å². The lowest BCUT2D eigenvalue weighted by Gasteiger charge is -2.30. The van der Waals surface area contributed by atoms with Crippen LogP contribution in [0.2, 0.25) is 0 Å². The predicted molar refractivity (Wildman–Crippen MR) is 102 cm³/mol. The summed E-state index contributed by atoms with van der Waals surface area (Å²) in [5, 5.41) is 5.16. The minimum atomic E-state index is -0.340. The third-order valence-corrected chi connectivity index (χ3v) is 5.88. The molecule has 27 heavy (non-hydrogen) atoms. The summed E-state index contributed by atoms with van der Waals surface area (Å²) in [4.78, 5) is 31.9. The van der Waals surface area contributed by atoms with Crippen molar-refractivity contribution in [2.75, 3.05) is 18.0 Å². The largest absolute Gasteiger partial charge is 0.347 e. The molecular formula is C19H19FN4O2S. The first kappa shape index (κ1) is 17.8. The number of carbonyl (C=O) groups is 1. The van der Waals surface area contributed by atoms with Crippen molar-refractivity contribution in [3.63, 3.8) is 0 Å². The van der Waals surface area contributed by atoms with Gasteiger partial charge >= 0.3 is 0 Å². The fourth-order valence-corrected chi connectivity index (χ4v) is 4.32. The normalized spacial score (nSPS) is 15.4. The number of benzene rings is 1. The molecule has 0 spiro atoms. The molecule has 4 rings (SSSR count). The Bertz CT molecular complexity index is 1040. The zero-order chi connectivity index (χ0) is 19.0. The molecule has 1 aromatic carbocycles. The fraction of sp³-hybridized carbons (Fsp3) is 0.368. The maximum absolute atomic E-state index is 13.0. The van der Waals surface area contributed by atoms with Crippen molar-refractivity contribution < 1.29 is 9.18 Å². The van der Waals surface area contributed by atoms with Gasteiger partial charge in [-0.2, -0.15) is 4.52 Å². The zero-order valence-corrected chi connectivity index (χ0v) is 15.7. The van der Waals surface area contributed by atoms with Crippen LogP contribution in [0.1, 0.15) is 35.8 Å². The Labute approximate surface area is 159 Å². The van der Waals surface area contributed by atoms with Gasteiger partial charge in [0, 0.05) is 36.3 Å². The summed E-state index contributed by atoms with van der Waals surface area (Å²) in [5.74, 6) is -0.356. The first-order valence-corrected chi connectivity index (χ1v) is 9.81. The molecule has 140 valence electrons. The lowest BCUT2D eigenvalue weighted by molar-refractivity contribution is 0.0900. The molecule has 1 aliphatic rings. The van der Waals surface area contributed by atoms with E-state index >= 15 is 0 Å². The van der Waals surface area contributed by atoms with Gasteiger partial charge in [0.2, 0.25) is 10.1 Å². The van der Waals surface area contributed by atoms with Crippen molar-refractivity contribution >= 4 is 27.2 Å². The Balaban J connectivity index is 1.48. The highest BCUT2D eigenvalue weighted by Crippen LogP contribution is 2.28. The van der Waals surface area contributed by atoms with Crippen LogP contribution in [0.5, 0.6) is 0 Å². The van der Waals surface area contributed by atoms with Crippen LogP contribution >= 0.6 is 11.3 Å². The van der Waals surface area contributed by atoms with E-state index in [1.807, 2.05) is 6.92 Å². The monoisotopic (exact) mass is 386 g/mol. The van der Waals surface area contributed by atoms with Gasteiger partial charge in [0.15, 0.2) is 5.78 Å². The molecule has 1 fully saturated rings. The minimum absolute atomic E-state index is 0.0597. The Morgan fingerprint density at radius 1 is 1.26 bits per heavy atom. The molecule has 8 heteroatoms. The van der Waals surface area contributed by atoms with Crippen molar-refractivity contribution in [1.29, 1.82) is 0 Å². The van der Waals surface area contributed by atoms with Gasteiger partial charge in [0.1, 0.15) is 5.82 Å². The molecule has 1 saturated heterocycles. The number of Topliss-reactive ketones (excluding diaryl/α,β-unsaturated/α-hetero) is 1. The molecule has 0 amide bonds. The third-order valence-electron chi connectivity index (χ3n) is 4.91. The van der Waals surface area contributed by atoms with Gasteiger partial charge in [-0.15, -0.1) is 5.10 Å². The molecule has 0 bridgehead atoms. The number of fused-ring (bicyclic) bond motifs is 1. The number of piperidine rings is 1. The maximum Gasteiger partial charge on any atom is 0.275 e. The molecule has 0 atom stereocenters. The molecule has 1 aliphatic heterocycles. The Kier molecular flexibility index (Phi) is 4.73. The van der Waals surface area contributed by atoms with Gasteiger partial charge < -0.3 is 4.90 Å². The van der Waals surface area contributed by atoms with Gasteiger partial charge in [-0.1, -0.05) is 18.3 Å². The van der Waals surface area contributed by atoms with E-state index in [9.17, 15) is 14.0 Å². The first-order chi connectivity index (χ1) is 13.0. The predicted octanol–water partition coefficient (Wildman–Crippen LogP) is 2.95. The molecule has 3 aromatic rings. The number of hydrogen-bond donors (Lipinski definition) is 0. The van der Waals surface area contributed by atoms with E-state index in [-0.39, 0.29) is 23.1 Å². The van der Waals surface area contributed by atoms with E-state index in [4.69, 9.17) is 0 Å². The van der Waals surface area contributed by atoms with Crippen LogP contribution < -0.4 is 10.5 Å². The lowest BCUT2D eigenvalue weighted by Crippen LogP contribution is -2.36. The van der Waals surface area contributed by atoms with Crippen LogP contribution in [0.25, 0.3) is 4.96 Å². The second-order valence-electron chi connectivity index (χ2n) is 6.65. The number of aromatic nitrogens is 3. The highest BCUT2D eigenvalue weighted by Gasteiger charge is 2.27. The number of anilines is 1. The number of aryl methyl sites for hydroxylation is 1. The number of nitrogens with zero attached hydrogens (tertiary/aromatic N) is 4. The van der Waals surface area contributed by atoms with Crippen LogP contribution in [0, 0.1) is 11.7 Å². The van der Waals surface area contributed by atoms with Crippen LogP contribution in [0.15, 0.2) is 35.1 Å². The highest BCUT2D eigenvalue weighted by atomic mass is 32.1. The fourth-order valence-electron chi connectivity index (χ4n) is 3.34. The third kappa shape index (κ3) is 3.49. The minimum Gasteiger partial charge on any atom is -0.347 e. The quantitative estimate of drug-likeness (QED) is 0.645. The maximum atomic E-state index is 13.0. The summed E-state index contributed by atoms with van der Waals surface area (Å²) < 4.78 is 14.4. The molecule has 0 radical (unpaired) electrons. The van der Waals surface area contributed by atoms with E-state index in [1.54, 1.807) is 12.1 Å². The molecule has 0 saturated carbocycles. The second-order valence-corrected chi connectivity index (χ2v) is 7.59. The van der Waals surface area contributed by atoms with Crippen molar-refractivity contribution in [3.8, 4) is 0 Å². The second kappa shape index (κ2) is 7.19. The van der Waals surface area contributed by atoms with Crippen molar-refractivity contribution in [2.24, 2.45) is 5.92 Å². The molecule has 2 aromatic heterocycles. The molecule has 0 N–H and O–H groups in total. The van der Waals surface area contributed by atoms with Gasteiger partial charge in [0.05, 0.1) is 0 Å². The van der Waals surface area contributed by atoms with Crippen LogP contribution in [-0.2, 0) is 6.42 Å². The van der Waals surface area contributed by atoms with Crippen LogP contribution in [0.3, 0.4) is 0 Å². The average Bonchev–Trinajstić information content (AvgIpc) is 3.13. The molecule has 0 aliphatic carbocycles. The molecular weight excluding hydrogens is 367 g/mol. The number of carbonyl (C=O) groups excluding carboxylic acids is 1. The number of rotatable bonds is 4. The zero-order valence-electron chi connectivity index (χ0n) is 14.9. The highest BCUT2D eigenvalue weighted by molar-refractivity contribution is 7.20. The summed E-state index contributed by atoms with van der Waals surface area (Å²) in [7, 11) is 0. The lowest BCUT2D eigenvalue weighted by atomic mass is 9.89. The van der Waals surface area contributed by atoms with Crippen LogP contribution in [-0.4, -0.2) is 33.5 Å². The summed E-state index contributed by atoms with van der Waals surface area (Å²) in [5.41, 5.74) is 1.15. The molecule has 0 unspecified atom stereocenters. The van der Waals surface area contributed by atoms with Gasteiger partial charge in [0.25, 0.3) is 5.56 Å².